The summed E-state index contributed by atoms with van der Waals surface area (Å²) in [7, 11) is 0. The van der Waals surface area contributed by atoms with Gasteiger partial charge in [0.2, 0.25) is 0 Å². The summed E-state index contributed by atoms with van der Waals surface area (Å²) in [5, 5.41) is 3.05. The van der Waals surface area contributed by atoms with Gasteiger partial charge in [-0.2, -0.15) is 4.98 Å². The molecule has 1 amide bonds. The van der Waals surface area contributed by atoms with Gasteiger partial charge in [0.15, 0.2) is 0 Å². The Labute approximate surface area is 155 Å². The molecule has 0 unspecified atom stereocenters. The lowest BCUT2D eigenvalue weighted by Gasteiger charge is -2.25. The molecule has 1 N–H and O–H groups in total. The Morgan fingerprint density at radius 1 is 1.27 bits per heavy atom. The fraction of sp³-hybridized carbons (Fsp3) is 0.750. The Morgan fingerprint density at radius 3 is 2.73 bits per heavy atom. The van der Waals surface area contributed by atoms with Gasteiger partial charge >= 0.3 is 0 Å². The molecule has 6 nitrogen and oxygen atoms in total. The highest BCUT2D eigenvalue weighted by Crippen LogP contribution is 2.40. The van der Waals surface area contributed by atoms with E-state index >= 15 is 0 Å². The maximum absolute atomic E-state index is 12.6. The lowest BCUT2D eigenvalue weighted by Crippen LogP contribution is -2.39. The smallest absolute Gasteiger partial charge is 0.285 e. The number of nitrogens with one attached hydrogen (secondary N) is 1. The number of hydrogen-bond acceptors (Lipinski definition) is 4. The highest BCUT2D eigenvalue weighted by molar-refractivity contribution is 5.93. The highest BCUT2D eigenvalue weighted by atomic mass is 16.2. The summed E-state index contributed by atoms with van der Waals surface area (Å²) in [6, 6.07) is 0.748. The van der Waals surface area contributed by atoms with Crippen LogP contribution in [0.5, 0.6) is 0 Å². The molecule has 3 heterocycles. The van der Waals surface area contributed by atoms with Gasteiger partial charge in [0.25, 0.3) is 11.5 Å². The van der Waals surface area contributed by atoms with Crippen molar-refractivity contribution < 1.29 is 4.79 Å². The Kier molecular flexibility index (Phi) is 4.63. The number of amides is 1. The third-order valence-electron chi connectivity index (χ3n) is 6.50. The van der Waals surface area contributed by atoms with Crippen LogP contribution in [0.3, 0.4) is 0 Å². The van der Waals surface area contributed by atoms with Crippen molar-refractivity contribution in [1.82, 2.24) is 19.8 Å². The van der Waals surface area contributed by atoms with Crippen molar-refractivity contribution in [3.05, 3.63) is 27.9 Å². The molecule has 0 aromatic carbocycles. The average molecular weight is 358 g/mol. The van der Waals surface area contributed by atoms with Crippen LogP contribution in [0.15, 0.2) is 11.0 Å². The van der Waals surface area contributed by atoms with Crippen molar-refractivity contribution in [3.63, 3.8) is 0 Å². The third kappa shape index (κ3) is 3.31. The van der Waals surface area contributed by atoms with Crippen LogP contribution in [-0.4, -0.2) is 45.5 Å². The molecule has 1 atom stereocenters. The summed E-state index contributed by atoms with van der Waals surface area (Å²) in [6.07, 6.45) is 9.31. The number of rotatable bonds is 3. The number of carbonyl (C=O) groups is 1. The predicted octanol–water partition coefficient (Wildman–Crippen LogP) is 1.96. The fourth-order valence-electron chi connectivity index (χ4n) is 4.91. The molecule has 2 fully saturated rings. The number of nitrogens with zero attached hydrogens (tertiary/aromatic N) is 3. The zero-order chi connectivity index (χ0) is 18.3. The number of aromatic nitrogens is 2. The van der Waals surface area contributed by atoms with Gasteiger partial charge in [0.1, 0.15) is 11.4 Å². The van der Waals surface area contributed by atoms with Crippen molar-refractivity contribution in [3.8, 4) is 0 Å². The predicted molar refractivity (Wildman–Crippen MR) is 100 cm³/mol. The van der Waals surface area contributed by atoms with Crippen LogP contribution in [0.25, 0.3) is 0 Å². The van der Waals surface area contributed by atoms with Gasteiger partial charge in [-0.15, -0.1) is 0 Å². The first kappa shape index (κ1) is 17.7. The van der Waals surface area contributed by atoms with E-state index in [2.05, 4.69) is 33.6 Å². The normalized spacial score (nSPS) is 26.6. The number of fused-ring (bicyclic) bond motifs is 1. The van der Waals surface area contributed by atoms with E-state index in [0.29, 0.717) is 6.04 Å². The third-order valence-corrected chi connectivity index (χ3v) is 6.50. The quantitative estimate of drug-likeness (QED) is 0.897. The summed E-state index contributed by atoms with van der Waals surface area (Å²) in [6.45, 7) is 7.48. The van der Waals surface area contributed by atoms with Gasteiger partial charge in [-0.3, -0.25) is 9.59 Å². The van der Waals surface area contributed by atoms with Gasteiger partial charge in [-0.1, -0.05) is 19.3 Å². The molecular weight excluding hydrogens is 328 g/mol. The zero-order valence-corrected chi connectivity index (χ0v) is 16.0. The van der Waals surface area contributed by atoms with E-state index in [1.54, 1.807) is 6.20 Å². The first-order valence-corrected chi connectivity index (χ1v) is 10.1. The van der Waals surface area contributed by atoms with E-state index < -0.39 is 0 Å². The minimum atomic E-state index is -0.375. The summed E-state index contributed by atoms with van der Waals surface area (Å²) in [4.78, 5) is 31.8. The number of hydrogen-bond donors (Lipinski definition) is 1. The molecule has 1 saturated carbocycles. The first-order chi connectivity index (χ1) is 12.5. The Balaban J connectivity index is 1.50. The Bertz CT molecular complexity index is 751. The summed E-state index contributed by atoms with van der Waals surface area (Å²) in [5.41, 5.74) is 0.00485. The standard InChI is InChI=1S/C20H30N4O2/c1-14(2)23-9-8-20(12-23)10-17-22-19(26)16(11-24(17)13-20)18(25)21-15-6-4-3-5-7-15/h11,14-15H,3-10,12-13H2,1-2H3,(H,21,25)/t20-/m1/s1. The maximum Gasteiger partial charge on any atom is 0.285 e. The van der Waals surface area contributed by atoms with Crippen LogP contribution in [0.1, 0.15) is 68.6 Å². The van der Waals surface area contributed by atoms with Crippen LogP contribution in [0.2, 0.25) is 0 Å². The molecule has 1 aromatic heterocycles. The van der Waals surface area contributed by atoms with Crippen LogP contribution in [-0.2, 0) is 13.0 Å². The summed E-state index contributed by atoms with van der Waals surface area (Å²) in [5.74, 6) is 0.593. The van der Waals surface area contributed by atoms with E-state index in [1.165, 1.54) is 6.42 Å². The van der Waals surface area contributed by atoms with Gasteiger partial charge in [0, 0.05) is 43.2 Å². The van der Waals surface area contributed by atoms with Gasteiger partial charge in [0.05, 0.1) is 0 Å². The average Bonchev–Trinajstić information content (AvgIpc) is 3.18. The summed E-state index contributed by atoms with van der Waals surface area (Å²) < 4.78 is 2.06. The molecule has 1 spiro atoms. The van der Waals surface area contributed by atoms with E-state index in [-0.39, 0.29) is 28.5 Å². The zero-order valence-electron chi connectivity index (χ0n) is 16.0. The largest absolute Gasteiger partial charge is 0.349 e. The SMILES string of the molecule is CC(C)N1CC[C@@]2(Cc3nc(=O)c(C(=O)NC4CCCCC4)cn3C2)C1. The molecule has 1 saturated heterocycles. The van der Waals surface area contributed by atoms with Crippen LogP contribution < -0.4 is 10.9 Å². The van der Waals surface area contributed by atoms with Crippen molar-refractivity contribution in [2.45, 2.75) is 77.4 Å². The molecule has 1 aromatic rings. The molecule has 1 aliphatic carbocycles. The second-order valence-corrected chi connectivity index (χ2v) is 8.80. The molecular formula is C20H30N4O2. The minimum absolute atomic E-state index is 0.176. The molecule has 0 bridgehead atoms. The number of likely N-dealkylation sites (tertiary alicyclic amines) is 1. The second kappa shape index (κ2) is 6.80. The lowest BCUT2D eigenvalue weighted by molar-refractivity contribution is 0.0925. The molecule has 26 heavy (non-hydrogen) atoms. The Morgan fingerprint density at radius 2 is 2.04 bits per heavy atom. The van der Waals surface area contributed by atoms with Crippen LogP contribution in [0, 0.1) is 5.41 Å². The highest BCUT2D eigenvalue weighted by Gasteiger charge is 2.44. The van der Waals surface area contributed by atoms with Crippen LogP contribution >= 0.6 is 0 Å². The van der Waals surface area contributed by atoms with Crippen LogP contribution in [0.4, 0.5) is 0 Å². The van der Waals surface area contributed by atoms with E-state index in [4.69, 9.17) is 0 Å². The van der Waals surface area contributed by atoms with Gasteiger partial charge in [-0.05, 0) is 39.7 Å². The first-order valence-electron chi connectivity index (χ1n) is 10.1. The van der Waals surface area contributed by atoms with Gasteiger partial charge < -0.3 is 14.8 Å². The maximum atomic E-state index is 12.6. The van der Waals surface area contributed by atoms with Crippen molar-refractivity contribution in [2.24, 2.45) is 5.41 Å². The second-order valence-electron chi connectivity index (χ2n) is 8.80. The number of carbonyl (C=O) groups excluding carboxylic acids is 1. The molecule has 142 valence electrons. The summed E-state index contributed by atoms with van der Waals surface area (Å²) >= 11 is 0. The van der Waals surface area contributed by atoms with E-state index in [9.17, 15) is 9.59 Å². The molecule has 2 aliphatic heterocycles. The van der Waals surface area contributed by atoms with Crippen molar-refractivity contribution in [2.75, 3.05) is 13.1 Å². The Hall–Kier alpha value is -1.69. The topological polar surface area (TPSA) is 67.2 Å². The monoisotopic (exact) mass is 358 g/mol. The van der Waals surface area contributed by atoms with Crippen molar-refractivity contribution >= 4 is 5.91 Å². The van der Waals surface area contributed by atoms with E-state index in [0.717, 1.165) is 64.0 Å². The fourth-order valence-corrected chi connectivity index (χ4v) is 4.91. The van der Waals surface area contributed by atoms with Gasteiger partial charge in [-0.25, -0.2) is 0 Å². The molecule has 6 heteroatoms. The molecule has 0 radical (unpaired) electrons. The van der Waals surface area contributed by atoms with E-state index in [1.807, 2.05) is 0 Å². The molecule has 4 rings (SSSR count). The lowest BCUT2D eigenvalue weighted by atomic mass is 9.86. The molecule has 3 aliphatic rings. The minimum Gasteiger partial charge on any atom is -0.349 e. The van der Waals surface area contributed by atoms with Crippen molar-refractivity contribution in [1.29, 1.82) is 0 Å².